The van der Waals surface area contributed by atoms with Crippen LogP contribution in [-0.2, 0) is 9.59 Å². The number of para-hydroxylation sites is 2. The van der Waals surface area contributed by atoms with Crippen molar-refractivity contribution in [2.45, 2.75) is 52.6 Å². The molecule has 0 unspecified atom stereocenters. The maximum atomic E-state index is 12.6. The number of carbonyl (C=O) groups is 2. The minimum atomic E-state index is -0.524. The van der Waals surface area contributed by atoms with Crippen molar-refractivity contribution in [1.29, 1.82) is 0 Å². The first-order chi connectivity index (χ1) is 13.1. The van der Waals surface area contributed by atoms with Gasteiger partial charge in [-0.1, -0.05) is 32.9 Å². The van der Waals surface area contributed by atoms with E-state index < -0.39 is 6.10 Å². The zero-order valence-corrected chi connectivity index (χ0v) is 16.9. The molecule has 0 fully saturated rings. The lowest BCUT2D eigenvalue weighted by molar-refractivity contribution is -0.129. The molecule has 2 amide bonds. The molecule has 2 rings (SSSR count). The van der Waals surface area contributed by atoms with E-state index in [1.807, 2.05) is 31.2 Å². The molecule has 0 aromatic heterocycles. The van der Waals surface area contributed by atoms with Gasteiger partial charge in [0.05, 0.1) is 5.69 Å². The summed E-state index contributed by atoms with van der Waals surface area (Å²) in [6.07, 6.45) is 3.25. The molecular formula is C21H33N3O3. The molecule has 1 atom stereocenters. The molecule has 6 heteroatoms. The lowest BCUT2D eigenvalue weighted by Crippen LogP contribution is -2.49. The number of benzene rings is 1. The van der Waals surface area contributed by atoms with Crippen LogP contribution < -0.4 is 15.0 Å². The van der Waals surface area contributed by atoms with E-state index in [1.54, 1.807) is 4.90 Å². The van der Waals surface area contributed by atoms with Crippen molar-refractivity contribution in [3.63, 3.8) is 0 Å². The maximum Gasteiger partial charge on any atom is 0.268 e. The fourth-order valence-corrected chi connectivity index (χ4v) is 3.39. The molecule has 1 aliphatic heterocycles. The Hall–Kier alpha value is -2.08. The molecular weight excluding hydrogens is 342 g/mol. The Labute approximate surface area is 162 Å². The van der Waals surface area contributed by atoms with Gasteiger partial charge in [-0.25, -0.2) is 0 Å². The van der Waals surface area contributed by atoms with Crippen LogP contribution in [0.15, 0.2) is 24.3 Å². The van der Waals surface area contributed by atoms with E-state index in [1.165, 1.54) is 0 Å². The van der Waals surface area contributed by atoms with E-state index in [2.05, 4.69) is 24.1 Å². The first kappa shape index (κ1) is 21.2. The summed E-state index contributed by atoms with van der Waals surface area (Å²) >= 11 is 0. The van der Waals surface area contributed by atoms with E-state index in [0.717, 1.165) is 38.9 Å². The molecule has 0 saturated heterocycles. The lowest BCUT2D eigenvalue weighted by atomic mass is 10.1. The van der Waals surface area contributed by atoms with Gasteiger partial charge in [0.1, 0.15) is 12.3 Å². The predicted octanol–water partition coefficient (Wildman–Crippen LogP) is 2.82. The summed E-state index contributed by atoms with van der Waals surface area (Å²) in [5, 5.41) is 2.95. The number of fused-ring (bicyclic) bond motifs is 1. The third-order valence-corrected chi connectivity index (χ3v) is 4.69. The Morgan fingerprint density at radius 2 is 1.85 bits per heavy atom. The summed E-state index contributed by atoms with van der Waals surface area (Å²) in [6, 6.07) is 7.38. The molecule has 1 aromatic rings. The van der Waals surface area contributed by atoms with Gasteiger partial charge in [0, 0.05) is 6.54 Å². The summed E-state index contributed by atoms with van der Waals surface area (Å²) in [7, 11) is 0. The van der Waals surface area contributed by atoms with Gasteiger partial charge in [0.2, 0.25) is 5.91 Å². The van der Waals surface area contributed by atoms with Crippen molar-refractivity contribution in [2.75, 3.05) is 37.6 Å². The van der Waals surface area contributed by atoms with Crippen LogP contribution in [0.5, 0.6) is 5.75 Å². The highest BCUT2D eigenvalue weighted by atomic mass is 16.5. The van der Waals surface area contributed by atoms with Gasteiger partial charge >= 0.3 is 0 Å². The second-order valence-corrected chi connectivity index (χ2v) is 6.95. The van der Waals surface area contributed by atoms with Crippen molar-refractivity contribution >= 4 is 17.5 Å². The molecule has 0 aliphatic carbocycles. The summed E-state index contributed by atoms with van der Waals surface area (Å²) < 4.78 is 5.75. The zero-order chi connectivity index (χ0) is 19.6. The van der Waals surface area contributed by atoms with Crippen LogP contribution >= 0.6 is 0 Å². The lowest BCUT2D eigenvalue weighted by Gasteiger charge is -2.33. The zero-order valence-electron chi connectivity index (χ0n) is 16.9. The topological polar surface area (TPSA) is 61.9 Å². The largest absolute Gasteiger partial charge is 0.478 e. The van der Waals surface area contributed by atoms with Crippen LogP contribution in [0.3, 0.4) is 0 Å². The summed E-state index contributed by atoms with van der Waals surface area (Å²) in [4.78, 5) is 29.0. The third-order valence-electron chi connectivity index (χ3n) is 4.69. The molecule has 1 aromatic carbocycles. The van der Waals surface area contributed by atoms with Crippen LogP contribution in [0.25, 0.3) is 0 Å². The number of amides is 2. The molecule has 1 N–H and O–H groups in total. The smallest absolute Gasteiger partial charge is 0.268 e. The highest BCUT2D eigenvalue weighted by molar-refractivity contribution is 6.03. The van der Waals surface area contributed by atoms with Gasteiger partial charge < -0.3 is 15.0 Å². The van der Waals surface area contributed by atoms with Gasteiger partial charge in [-0.3, -0.25) is 14.5 Å². The van der Waals surface area contributed by atoms with Crippen LogP contribution in [-0.4, -0.2) is 55.5 Å². The Kier molecular flexibility index (Phi) is 8.58. The molecule has 0 bridgehead atoms. The molecule has 27 heavy (non-hydrogen) atoms. The summed E-state index contributed by atoms with van der Waals surface area (Å²) in [5.74, 6) is 0.377. The van der Waals surface area contributed by atoms with Gasteiger partial charge in [-0.2, -0.15) is 0 Å². The Morgan fingerprint density at radius 3 is 2.52 bits per heavy atom. The number of nitrogens with zero attached hydrogens (tertiary/aromatic N) is 2. The van der Waals surface area contributed by atoms with Crippen molar-refractivity contribution in [1.82, 2.24) is 10.2 Å². The highest BCUT2D eigenvalue weighted by Gasteiger charge is 2.34. The Balaban J connectivity index is 1.86. The Morgan fingerprint density at radius 1 is 1.15 bits per heavy atom. The fourth-order valence-electron chi connectivity index (χ4n) is 3.39. The molecule has 1 aliphatic rings. The first-order valence-electron chi connectivity index (χ1n) is 10.2. The molecule has 1 heterocycles. The molecule has 150 valence electrons. The summed E-state index contributed by atoms with van der Waals surface area (Å²) in [6.45, 7) is 10.1. The number of anilines is 1. The number of rotatable bonds is 11. The minimum absolute atomic E-state index is 0.0311. The Bertz CT molecular complexity index is 614. The number of hydrogen-bond donors (Lipinski definition) is 1. The van der Waals surface area contributed by atoms with Crippen molar-refractivity contribution < 1.29 is 14.3 Å². The van der Waals surface area contributed by atoms with Gasteiger partial charge in [-0.05, 0) is 57.5 Å². The van der Waals surface area contributed by atoms with E-state index in [0.29, 0.717) is 24.4 Å². The van der Waals surface area contributed by atoms with E-state index in [4.69, 9.17) is 4.74 Å². The van der Waals surface area contributed by atoms with Crippen LogP contribution in [0, 0.1) is 0 Å². The maximum absolute atomic E-state index is 12.6. The third kappa shape index (κ3) is 5.96. The first-order valence-corrected chi connectivity index (χ1v) is 10.2. The molecule has 0 saturated carbocycles. The second kappa shape index (κ2) is 10.9. The van der Waals surface area contributed by atoms with Crippen LogP contribution in [0.1, 0.15) is 46.5 Å². The van der Waals surface area contributed by atoms with E-state index in [9.17, 15) is 9.59 Å². The van der Waals surface area contributed by atoms with Gasteiger partial charge in [0.15, 0.2) is 6.10 Å². The number of ether oxygens (including phenoxy) is 1. The normalized spacial score (nSPS) is 16.2. The molecule has 6 nitrogen and oxygen atoms in total. The number of carbonyl (C=O) groups excluding carboxylic acids is 2. The minimum Gasteiger partial charge on any atom is -0.478 e. The van der Waals surface area contributed by atoms with Crippen molar-refractivity contribution in [3.05, 3.63) is 24.3 Å². The standard InChI is InChI=1S/C21H33N3O3/c1-4-13-23(14-5-2)15-9-12-22-20(25)16-24-17-10-7-8-11-19(17)27-18(6-3)21(24)26/h7-8,10-11,18H,4-6,9,12-16H2,1-3H3,(H,22,25)/t18-/m1/s1. The highest BCUT2D eigenvalue weighted by Crippen LogP contribution is 2.34. The SMILES string of the molecule is CCCN(CCC)CCCNC(=O)CN1C(=O)[C@@H](CC)Oc2ccccc21. The van der Waals surface area contributed by atoms with Crippen LogP contribution in [0.2, 0.25) is 0 Å². The van der Waals surface area contributed by atoms with Gasteiger partial charge in [0.25, 0.3) is 5.91 Å². The molecule has 0 radical (unpaired) electrons. The van der Waals surface area contributed by atoms with Crippen LogP contribution in [0.4, 0.5) is 5.69 Å². The predicted molar refractivity (Wildman–Crippen MR) is 108 cm³/mol. The average Bonchev–Trinajstić information content (AvgIpc) is 2.67. The quantitative estimate of drug-likeness (QED) is 0.604. The molecule has 0 spiro atoms. The van der Waals surface area contributed by atoms with E-state index >= 15 is 0 Å². The van der Waals surface area contributed by atoms with Gasteiger partial charge in [-0.15, -0.1) is 0 Å². The average molecular weight is 376 g/mol. The second-order valence-electron chi connectivity index (χ2n) is 6.95. The van der Waals surface area contributed by atoms with E-state index in [-0.39, 0.29) is 18.4 Å². The number of nitrogens with one attached hydrogen (secondary N) is 1. The summed E-state index contributed by atoms with van der Waals surface area (Å²) in [5.41, 5.74) is 0.666. The van der Waals surface area contributed by atoms with Crippen molar-refractivity contribution in [3.8, 4) is 5.75 Å². The fraction of sp³-hybridized carbons (Fsp3) is 0.619. The monoisotopic (exact) mass is 375 g/mol. The number of hydrogen-bond acceptors (Lipinski definition) is 4. The van der Waals surface area contributed by atoms with Crippen molar-refractivity contribution in [2.24, 2.45) is 0 Å².